The molecule has 8 nitrogen and oxygen atoms in total. The second-order valence-electron chi connectivity index (χ2n) is 24.8. The van der Waals surface area contributed by atoms with Crippen LogP contribution >= 0.6 is 0 Å². The first-order valence-corrected chi connectivity index (χ1v) is 35.7. The molecule has 0 spiro atoms. The van der Waals surface area contributed by atoms with Crippen molar-refractivity contribution in [1.29, 1.82) is 0 Å². The lowest BCUT2D eigenvalue weighted by molar-refractivity contribution is -0.137. The highest BCUT2D eigenvalue weighted by Crippen LogP contribution is 2.40. The fourth-order valence-electron chi connectivity index (χ4n) is 11.6. The van der Waals surface area contributed by atoms with Crippen LogP contribution in [0.2, 0.25) is 0 Å². The number of carbonyl (C=O) groups is 1. The van der Waals surface area contributed by atoms with Crippen molar-refractivity contribution in [2.45, 2.75) is 387 Å². The minimum atomic E-state index is -0.693. The molecule has 0 unspecified atom stereocenters. The molecule has 0 radical (unpaired) electrons. The summed E-state index contributed by atoms with van der Waals surface area (Å²) in [5.74, 6) is 1.71. The maximum atomic E-state index is 10.9. The van der Waals surface area contributed by atoms with Gasteiger partial charge >= 0.3 is 5.97 Å². The minimum Gasteiger partial charge on any atom is -0.490 e. The third-order valence-corrected chi connectivity index (χ3v) is 16.8. The molecule has 0 saturated carbocycles. The monoisotopic (exact) mass is 1120 g/mol. The average Bonchev–Trinajstić information content (AvgIpc) is 3.91. The summed E-state index contributed by atoms with van der Waals surface area (Å²) in [4.78, 5) is 10.9. The predicted molar refractivity (Wildman–Crippen MR) is 344 cm³/mol. The van der Waals surface area contributed by atoms with E-state index in [1.807, 2.05) is 4.68 Å². The first-order valence-electron chi connectivity index (χ1n) is 35.7. The third-order valence-electron chi connectivity index (χ3n) is 16.8. The van der Waals surface area contributed by atoms with E-state index >= 15 is 0 Å². The van der Waals surface area contributed by atoms with E-state index in [2.05, 4.69) is 49.4 Å². The van der Waals surface area contributed by atoms with Crippen LogP contribution in [0.25, 0.3) is 0 Å². The largest absolute Gasteiger partial charge is 0.490 e. The Morgan fingerprint density at radius 2 is 0.650 bits per heavy atom. The zero-order chi connectivity index (χ0) is 57.1. The summed E-state index contributed by atoms with van der Waals surface area (Å²) in [6, 6.07) is 4.37. The molecule has 80 heavy (non-hydrogen) atoms. The van der Waals surface area contributed by atoms with Crippen molar-refractivity contribution in [3.8, 4) is 17.2 Å². The van der Waals surface area contributed by atoms with Gasteiger partial charge in [-0.3, -0.25) is 4.79 Å². The molecular weight excluding hydrogens is 987 g/mol. The number of aryl methyl sites for hydroxylation is 1. The van der Waals surface area contributed by atoms with Gasteiger partial charge in [0.2, 0.25) is 5.75 Å². The van der Waals surface area contributed by atoms with Crippen molar-refractivity contribution in [3.05, 3.63) is 29.6 Å². The van der Waals surface area contributed by atoms with Gasteiger partial charge in [-0.25, -0.2) is 4.68 Å². The van der Waals surface area contributed by atoms with E-state index in [4.69, 9.17) is 19.3 Å². The molecule has 1 aromatic heterocycles. The molecule has 2 rings (SSSR count). The van der Waals surface area contributed by atoms with E-state index in [0.29, 0.717) is 26.4 Å². The molecule has 0 aliphatic rings. The van der Waals surface area contributed by atoms with E-state index in [1.165, 1.54) is 289 Å². The van der Waals surface area contributed by atoms with Crippen LogP contribution in [0.5, 0.6) is 17.2 Å². The Bertz CT molecular complexity index is 1540. The van der Waals surface area contributed by atoms with Crippen molar-refractivity contribution >= 4 is 5.97 Å². The first kappa shape index (κ1) is 73.3. The molecule has 0 atom stereocenters. The normalized spacial score (nSPS) is 11.5. The number of aliphatic carboxylic acids is 1. The van der Waals surface area contributed by atoms with Crippen LogP contribution in [0.15, 0.2) is 18.3 Å². The fourth-order valence-corrected chi connectivity index (χ4v) is 11.6. The van der Waals surface area contributed by atoms with Gasteiger partial charge in [0, 0.05) is 12.6 Å². The van der Waals surface area contributed by atoms with Crippen LogP contribution in [-0.2, 0) is 17.8 Å². The zero-order valence-electron chi connectivity index (χ0n) is 53.6. The van der Waals surface area contributed by atoms with Crippen LogP contribution in [0.4, 0.5) is 0 Å². The molecule has 1 aromatic carbocycles. The molecule has 0 saturated heterocycles. The Hall–Kier alpha value is -2.77. The molecule has 0 bridgehead atoms. The molecule has 1 N–H and O–H groups in total. The van der Waals surface area contributed by atoms with Gasteiger partial charge in [-0.15, -0.1) is 5.10 Å². The summed E-state index contributed by atoms with van der Waals surface area (Å²) in [7, 11) is 0. The topological polar surface area (TPSA) is 95.7 Å². The summed E-state index contributed by atoms with van der Waals surface area (Å²) in [6.45, 7) is 9.55. The van der Waals surface area contributed by atoms with Gasteiger partial charge in [0.25, 0.3) is 0 Å². The second-order valence-corrected chi connectivity index (χ2v) is 24.8. The number of benzene rings is 1. The van der Waals surface area contributed by atoms with Crippen molar-refractivity contribution < 1.29 is 24.1 Å². The Labute approximate surface area is 496 Å². The number of rotatable bonds is 65. The summed E-state index contributed by atoms with van der Waals surface area (Å²) in [5.41, 5.74) is 2.12. The molecule has 466 valence electrons. The number of hydrogen-bond acceptors (Lipinski definition) is 6. The molecule has 0 amide bonds. The lowest BCUT2D eigenvalue weighted by Crippen LogP contribution is -2.08. The van der Waals surface area contributed by atoms with E-state index in [-0.39, 0.29) is 6.42 Å². The van der Waals surface area contributed by atoms with Gasteiger partial charge in [-0.05, 0) is 56.2 Å². The summed E-state index contributed by atoms with van der Waals surface area (Å²) < 4.78 is 22.2. The van der Waals surface area contributed by atoms with Gasteiger partial charge in [-0.2, -0.15) is 0 Å². The van der Waals surface area contributed by atoms with Crippen LogP contribution in [0.1, 0.15) is 385 Å². The summed E-state index contributed by atoms with van der Waals surface area (Å²) >= 11 is 0. The average molecular weight is 1120 g/mol. The second kappa shape index (κ2) is 58.0. The van der Waals surface area contributed by atoms with Crippen molar-refractivity contribution in [3.63, 3.8) is 0 Å². The third kappa shape index (κ3) is 46.7. The standard InChI is InChI=1S/C72H133N3O5/c1-4-7-10-13-16-19-22-25-28-31-34-37-40-45-50-55-60-78-69-63-67(65-75-66-68(73-74-75)58-53-48-43-44-49-54-59-71(76)77)64-70(79-61-56-51-46-41-38-35-32-29-26-23-20-17-14-11-8-5-2)72(69)80-62-57-52-47-42-39-36-33-30-27-24-21-18-15-12-9-6-3/h63-64,66H,4-62,65H2,1-3H3,(H,76,77). The lowest BCUT2D eigenvalue weighted by Gasteiger charge is -2.19. The van der Waals surface area contributed by atoms with Gasteiger partial charge < -0.3 is 19.3 Å². The number of ether oxygens (including phenoxy) is 3. The van der Waals surface area contributed by atoms with E-state index in [9.17, 15) is 4.79 Å². The fraction of sp³-hybridized carbons (Fsp3) is 0.875. The van der Waals surface area contributed by atoms with Crippen molar-refractivity contribution in [2.75, 3.05) is 19.8 Å². The highest BCUT2D eigenvalue weighted by molar-refractivity contribution is 5.66. The molecule has 8 heteroatoms. The Morgan fingerprint density at radius 1 is 0.375 bits per heavy atom. The number of nitrogens with zero attached hydrogens (tertiary/aromatic N) is 3. The van der Waals surface area contributed by atoms with Crippen LogP contribution in [0, 0.1) is 0 Å². The van der Waals surface area contributed by atoms with Gasteiger partial charge in [-0.1, -0.05) is 341 Å². The van der Waals surface area contributed by atoms with Crippen LogP contribution < -0.4 is 14.2 Å². The summed E-state index contributed by atoms with van der Waals surface area (Å²) in [5, 5.41) is 18.1. The molecular formula is C72H133N3O5. The summed E-state index contributed by atoms with van der Waals surface area (Å²) in [6.07, 6.45) is 74.6. The van der Waals surface area contributed by atoms with Gasteiger partial charge in [0.1, 0.15) is 0 Å². The number of carboxylic acid groups (broad SMARTS) is 1. The maximum absolute atomic E-state index is 10.9. The highest BCUT2D eigenvalue weighted by Gasteiger charge is 2.17. The molecule has 0 aliphatic carbocycles. The number of carboxylic acids is 1. The molecule has 2 aromatic rings. The minimum absolute atomic E-state index is 0.277. The van der Waals surface area contributed by atoms with Crippen molar-refractivity contribution in [1.82, 2.24) is 15.0 Å². The Balaban J connectivity index is 1.97. The van der Waals surface area contributed by atoms with E-state index < -0.39 is 5.97 Å². The smallest absolute Gasteiger partial charge is 0.303 e. The van der Waals surface area contributed by atoms with Crippen LogP contribution in [0.3, 0.4) is 0 Å². The maximum Gasteiger partial charge on any atom is 0.303 e. The Morgan fingerprint density at radius 3 is 0.963 bits per heavy atom. The Kier molecular flexibility index (Phi) is 53.2. The van der Waals surface area contributed by atoms with Gasteiger partial charge in [0.05, 0.1) is 32.1 Å². The van der Waals surface area contributed by atoms with Gasteiger partial charge in [0.15, 0.2) is 11.5 Å². The molecule has 1 heterocycles. The van der Waals surface area contributed by atoms with Crippen molar-refractivity contribution in [2.24, 2.45) is 0 Å². The quantitative estimate of drug-likeness (QED) is 0.0659. The highest BCUT2D eigenvalue weighted by atomic mass is 16.5. The van der Waals surface area contributed by atoms with E-state index in [0.717, 1.165) is 92.7 Å². The number of aromatic nitrogens is 3. The van der Waals surface area contributed by atoms with Crippen LogP contribution in [-0.4, -0.2) is 45.9 Å². The molecule has 0 aliphatic heterocycles. The number of unbranched alkanes of at least 4 members (excludes halogenated alkanes) is 50. The lowest BCUT2D eigenvalue weighted by atomic mass is 10.0. The molecule has 0 fully saturated rings. The first-order chi connectivity index (χ1) is 39.6. The SMILES string of the molecule is CCCCCCCCCCCCCCCCCCOc1cc(Cn2cc(CCCCCCCCC(=O)O)nn2)cc(OCCCCCCCCCCCCCCCCCC)c1OCCCCCCCCCCCCCCCCCC. The van der Waals surface area contributed by atoms with E-state index in [1.54, 1.807) is 0 Å². The zero-order valence-corrected chi connectivity index (χ0v) is 53.6. The predicted octanol–water partition coefficient (Wildman–Crippen LogP) is 23.6. The number of hydrogen-bond donors (Lipinski definition) is 1.